The van der Waals surface area contributed by atoms with E-state index in [9.17, 15) is 0 Å². The average molecular weight is 226 g/mol. The molecule has 88 valence electrons. The van der Waals surface area contributed by atoms with Crippen LogP contribution in [0.4, 0.5) is 5.69 Å². The first-order valence-electron chi connectivity index (χ1n) is 6.33. The summed E-state index contributed by atoms with van der Waals surface area (Å²) < 4.78 is 2.38. The summed E-state index contributed by atoms with van der Waals surface area (Å²) in [7, 11) is 0. The number of anilines is 1. The van der Waals surface area contributed by atoms with Crippen LogP contribution in [0, 0.1) is 0 Å². The summed E-state index contributed by atoms with van der Waals surface area (Å²) in [6, 6.07) is 10.6. The van der Waals surface area contributed by atoms with Crippen LogP contribution in [0.15, 0.2) is 36.5 Å². The minimum atomic E-state index is 0.483. The predicted octanol–water partition coefficient (Wildman–Crippen LogP) is 3.17. The maximum absolute atomic E-state index is 6.09. The molecule has 0 aliphatic carbocycles. The van der Waals surface area contributed by atoms with Gasteiger partial charge in [0.25, 0.3) is 0 Å². The Bertz CT molecular complexity index is 540. The van der Waals surface area contributed by atoms with Gasteiger partial charge in [0.1, 0.15) is 0 Å². The van der Waals surface area contributed by atoms with Crippen LogP contribution >= 0.6 is 0 Å². The minimum Gasteiger partial charge on any atom is -0.398 e. The second-order valence-corrected chi connectivity index (χ2v) is 4.79. The summed E-state index contributed by atoms with van der Waals surface area (Å²) in [6.45, 7) is 3.32. The molecule has 2 N–H and O–H groups in total. The highest BCUT2D eigenvalue weighted by Gasteiger charge is 2.25. The molecule has 0 fully saturated rings. The molecule has 0 saturated carbocycles. The van der Waals surface area contributed by atoms with E-state index in [0.29, 0.717) is 5.92 Å². The van der Waals surface area contributed by atoms with Gasteiger partial charge in [0, 0.05) is 30.0 Å². The van der Waals surface area contributed by atoms with Crippen LogP contribution in [-0.2, 0) is 13.0 Å². The highest BCUT2D eigenvalue weighted by molar-refractivity contribution is 5.51. The number of benzene rings is 1. The Morgan fingerprint density at radius 3 is 2.94 bits per heavy atom. The normalized spacial score (nSPS) is 18.3. The zero-order valence-corrected chi connectivity index (χ0v) is 10.2. The summed E-state index contributed by atoms with van der Waals surface area (Å²) in [4.78, 5) is 0. The maximum atomic E-state index is 6.09. The van der Waals surface area contributed by atoms with E-state index in [0.717, 1.165) is 18.7 Å². The molecular formula is C15H18N2. The Morgan fingerprint density at radius 2 is 2.18 bits per heavy atom. The van der Waals surface area contributed by atoms with E-state index in [-0.39, 0.29) is 0 Å². The Hall–Kier alpha value is -1.70. The average Bonchev–Trinajstić information content (AvgIpc) is 2.89. The third kappa shape index (κ3) is 1.64. The Labute approximate surface area is 102 Å². The summed E-state index contributed by atoms with van der Waals surface area (Å²) in [5.74, 6) is 0.483. The number of hydrogen-bond acceptors (Lipinski definition) is 1. The highest BCUT2D eigenvalue weighted by atomic mass is 15.0. The molecule has 2 nitrogen and oxygen atoms in total. The van der Waals surface area contributed by atoms with Crippen molar-refractivity contribution in [2.75, 3.05) is 5.73 Å². The molecule has 0 unspecified atom stereocenters. The van der Waals surface area contributed by atoms with Crippen molar-refractivity contribution in [3.63, 3.8) is 0 Å². The molecule has 0 amide bonds. The molecule has 1 aromatic heterocycles. The first kappa shape index (κ1) is 10.5. The van der Waals surface area contributed by atoms with Gasteiger partial charge >= 0.3 is 0 Å². The van der Waals surface area contributed by atoms with Crippen LogP contribution in [0.5, 0.6) is 0 Å². The van der Waals surface area contributed by atoms with Crippen molar-refractivity contribution in [2.24, 2.45) is 0 Å². The number of fused-ring (bicyclic) bond motifs is 1. The van der Waals surface area contributed by atoms with Crippen molar-refractivity contribution in [3.8, 4) is 0 Å². The quantitative estimate of drug-likeness (QED) is 0.783. The lowest BCUT2D eigenvalue weighted by atomic mass is 9.93. The largest absolute Gasteiger partial charge is 0.398 e. The second kappa shape index (κ2) is 3.95. The molecular weight excluding hydrogens is 208 g/mol. The summed E-state index contributed by atoms with van der Waals surface area (Å²) >= 11 is 0. The van der Waals surface area contributed by atoms with Crippen molar-refractivity contribution in [2.45, 2.75) is 32.2 Å². The molecule has 1 aliphatic heterocycles. The van der Waals surface area contributed by atoms with Gasteiger partial charge in [-0.15, -0.1) is 0 Å². The molecule has 0 bridgehead atoms. The number of nitrogens with two attached hydrogens (primary N) is 1. The number of rotatable bonds is 2. The Kier molecular flexibility index (Phi) is 2.43. The molecule has 3 rings (SSSR count). The molecule has 1 aliphatic rings. The predicted molar refractivity (Wildman–Crippen MR) is 71.1 cm³/mol. The molecule has 0 saturated heterocycles. The topological polar surface area (TPSA) is 30.9 Å². The Morgan fingerprint density at radius 1 is 1.35 bits per heavy atom. The monoisotopic (exact) mass is 226 g/mol. The maximum Gasteiger partial charge on any atom is 0.0353 e. The van der Waals surface area contributed by atoms with Crippen molar-refractivity contribution in [1.29, 1.82) is 0 Å². The molecule has 1 atom stereocenters. The molecule has 2 aromatic rings. The highest BCUT2D eigenvalue weighted by Crippen LogP contribution is 2.37. The van der Waals surface area contributed by atoms with E-state index >= 15 is 0 Å². The number of aryl methyl sites for hydroxylation is 2. The summed E-state index contributed by atoms with van der Waals surface area (Å²) in [6.07, 6.45) is 4.57. The zero-order chi connectivity index (χ0) is 11.8. The van der Waals surface area contributed by atoms with Crippen LogP contribution in [0.2, 0.25) is 0 Å². The first-order valence-corrected chi connectivity index (χ1v) is 6.33. The van der Waals surface area contributed by atoms with Gasteiger partial charge in [0.15, 0.2) is 0 Å². The van der Waals surface area contributed by atoms with Crippen molar-refractivity contribution >= 4 is 5.69 Å². The van der Waals surface area contributed by atoms with Gasteiger partial charge in [0.05, 0.1) is 0 Å². The van der Waals surface area contributed by atoms with Gasteiger partial charge in [-0.05, 0) is 36.1 Å². The third-order valence-electron chi connectivity index (χ3n) is 3.78. The SMILES string of the molecule is CCc1cc2n(c1)CC[C@@H]2c1ccccc1N. The van der Waals surface area contributed by atoms with Crippen LogP contribution < -0.4 is 5.73 Å². The third-order valence-corrected chi connectivity index (χ3v) is 3.78. The lowest BCUT2D eigenvalue weighted by molar-refractivity contribution is 0.719. The van der Waals surface area contributed by atoms with Gasteiger partial charge < -0.3 is 10.3 Å². The smallest absolute Gasteiger partial charge is 0.0353 e. The lowest BCUT2D eigenvalue weighted by Gasteiger charge is -2.12. The van der Waals surface area contributed by atoms with Gasteiger partial charge in [-0.3, -0.25) is 0 Å². The van der Waals surface area contributed by atoms with Crippen molar-refractivity contribution < 1.29 is 0 Å². The molecule has 0 radical (unpaired) electrons. The number of nitrogen functional groups attached to an aromatic ring is 1. The standard InChI is InChI=1S/C15H18N2/c1-2-11-9-15-13(7-8-17(15)10-11)12-5-3-4-6-14(12)16/h3-6,9-10,13H,2,7-8,16H2,1H3/t13-/m1/s1. The number of aromatic nitrogens is 1. The van der Waals surface area contributed by atoms with Crippen LogP contribution in [0.1, 0.15) is 36.1 Å². The zero-order valence-electron chi connectivity index (χ0n) is 10.2. The molecule has 2 heteroatoms. The van der Waals surface area contributed by atoms with Gasteiger partial charge in [-0.2, -0.15) is 0 Å². The van der Waals surface area contributed by atoms with E-state index in [4.69, 9.17) is 5.73 Å². The lowest BCUT2D eigenvalue weighted by Crippen LogP contribution is -2.00. The number of hydrogen-bond donors (Lipinski definition) is 1. The van der Waals surface area contributed by atoms with Crippen LogP contribution in [0.3, 0.4) is 0 Å². The minimum absolute atomic E-state index is 0.483. The molecule has 0 spiro atoms. The number of nitrogens with zero attached hydrogens (tertiary/aromatic N) is 1. The summed E-state index contributed by atoms with van der Waals surface area (Å²) in [5.41, 5.74) is 11.2. The fraction of sp³-hybridized carbons (Fsp3) is 0.333. The van der Waals surface area contributed by atoms with Gasteiger partial charge in [-0.25, -0.2) is 0 Å². The van der Waals surface area contributed by atoms with E-state index in [1.807, 2.05) is 12.1 Å². The molecule has 1 aromatic carbocycles. The second-order valence-electron chi connectivity index (χ2n) is 4.79. The first-order chi connectivity index (χ1) is 8.29. The van der Waals surface area contributed by atoms with Gasteiger partial charge in [0.2, 0.25) is 0 Å². The fourth-order valence-electron chi connectivity index (χ4n) is 2.83. The number of para-hydroxylation sites is 1. The summed E-state index contributed by atoms with van der Waals surface area (Å²) in [5, 5.41) is 0. The Balaban J connectivity index is 2.03. The molecule has 17 heavy (non-hydrogen) atoms. The van der Waals surface area contributed by atoms with Crippen molar-refractivity contribution in [1.82, 2.24) is 4.57 Å². The van der Waals surface area contributed by atoms with E-state index in [1.54, 1.807) is 0 Å². The van der Waals surface area contributed by atoms with E-state index in [2.05, 4.69) is 35.9 Å². The van der Waals surface area contributed by atoms with E-state index < -0.39 is 0 Å². The fourth-order valence-corrected chi connectivity index (χ4v) is 2.83. The van der Waals surface area contributed by atoms with Gasteiger partial charge in [-0.1, -0.05) is 25.1 Å². The van der Waals surface area contributed by atoms with Crippen LogP contribution in [-0.4, -0.2) is 4.57 Å². The molecule has 2 heterocycles. The van der Waals surface area contributed by atoms with Crippen LogP contribution in [0.25, 0.3) is 0 Å². The van der Waals surface area contributed by atoms with E-state index in [1.165, 1.54) is 23.2 Å². The van der Waals surface area contributed by atoms with Crippen molar-refractivity contribution in [3.05, 3.63) is 53.3 Å².